The number of hydrogen-bond donors (Lipinski definition) is 1. The molecule has 1 rings (SSSR count). The molecule has 0 aromatic heterocycles. The van der Waals surface area contributed by atoms with Gasteiger partial charge in [0, 0.05) is 6.42 Å². The van der Waals surface area contributed by atoms with Crippen LogP contribution in [0.1, 0.15) is 12.0 Å². The molecule has 0 aliphatic rings. The SMILES string of the molecule is Cc1cccc(OCCC(N)C#N)c1F. The summed E-state index contributed by atoms with van der Waals surface area (Å²) in [6.07, 6.45) is 0.393. The molecule has 0 aliphatic carbocycles. The number of nitriles is 1. The molecule has 1 aromatic rings. The Labute approximate surface area is 88.3 Å². The van der Waals surface area contributed by atoms with E-state index in [1.807, 2.05) is 6.07 Å². The van der Waals surface area contributed by atoms with E-state index in [2.05, 4.69) is 0 Å². The molecule has 0 bridgehead atoms. The molecule has 0 aliphatic heterocycles. The summed E-state index contributed by atoms with van der Waals surface area (Å²) in [6, 6.07) is 6.27. The van der Waals surface area contributed by atoms with E-state index in [4.69, 9.17) is 15.7 Å². The Hall–Kier alpha value is -1.60. The van der Waals surface area contributed by atoms with Crippen LogP contribution in [0.15, 0.2) is 18.2 Å². The molecule has 0 saturated heterocycles. The monoisotopic (exact) mass is 208 g/mol. The molecule has 0 radical (unpaired) electrons. The number of nitrogens with zero attached hydrogens (tertiary/aromatic N) is 1. The van der Waals surface area contributed by atoms with Crippen molar-refractivity contribution in [2.45, 2.75) is 19.4 Å². The highest BCUT2D eigenvalue weighted by molar-refractivity contribution is 5.30. The van der Waals surface area contributed by atoms with E-state index < -0.39 is 6.04 Å². The highest BCUT2D eigenvalue weighted by atomic mass is 19.1. The molecule has 0 spiro atoms. The molecule has 3 nitrogen and oxygen atoms in total. The highest BCUT2D eigenvalue weighted by Gasteiger charge is 2.06. The molecule has 0 fully saturated rings. The van der Waals surface area contributed by atoms with Crippen LogP contribution in [0, 0.1) is 24.1 Å². The molecule has 1 aromatic carbocycles. The third-order valence-electron chi connectivity index (χ3n) is 2.01. The van der Waals surface area contributed by atoms with Gasteiger partial charge < -0.3 is 10.5 Å². The van der Waals surface area contributed by atoms with Crippen LogP contribution in [0.4, 0.5) is 4.39 Å². The Kier molecular flexibility index (Phi) is 4.07. The molecule has 0 heterocycles. The highest BCUT2D eigenvalue weighted by Crippen LogP contribution is 2.19. The minimum atomic E-state index is -0.558. The first-order valence-electron chi connectivity index (χ1n) is 4.68. The third-order valence-corrected chi connectivity index (χ3v) is 2.01. The van der Waals surface area contributed by atoms with Crippen molar-refractivity contribution >= 4 is 0 Å². The second-order valence-electron chi connectivity index (χ2n) is 3.26. The van der Waals surface area contributed by atoms with E-state index in [1.54, 1.807) is 25.1 Å². The maximum absolute atomic E-state index is 13.4. The van der Waals surface area contributed by atoms with Gasteiger partial charge >= 0.3 is 0 Å². The van der Waals surface area contributed by atoms with E-state index in [-0.39, 0.29) is 18.2 Å². The number of hydrogen-bond acceptors (Lipinski definition) is 3. The Morgan fingerprint density at radius 3 is 3.00 bits per heavy atom. The first kappa shape index (κ1) is 11.5. The summed E-state index contributed by atoms with van der Waals surface area (Å²) >= 11 is 0. The van der Waals surface area contributed by atoms with Crippen molar-refractivity contribution in [1.29, 1.82) is 5.26 Å². The first-order valence-corrected chi connectivity index (χ1v) is 4.68. The summed E-state index contributed by atoms with van der Waals surface area (Å²) in [7, 11) is 0. The number of rotatable bonds is 4. The van der Waals surface area contributed by atoms with Gasteiger partial charge in [-0.2, -0.15) is 5.26 Å². The molecular weight excluding hydrogens is 195 g/mol. The molecule has 15 heavy (non-hydrogen) atoms. The van der Waals surface area contributed by atoms with E-state index in [9.17, 15) is 4.39 Å². The van der Waals surface area contributed by atoms with Gasteiger partial charge in [0.05, 0.1) is 18.7 Å². The van der Waals surface area contributed by atoms with Crippen LogP contribution in [0.2, 0.25) is 0 Å². The lowest BCUT2D eigenvalue weighted by atomic mass is 10.2. The average molecular weight is 208 g/mol. The summed E-state index contributed by atoms with van der Waals surface area (Å²) in [4.78, 5) is 0. The Bertz CT molecular complexity index is 373. The Morgan fingerprint density at radius 2 is 2.33 bits per heavy atom. The van der Waals surface area contributed by atoms with Gasteiger partial charge in [-0.3, -0.25) is 0 Å². The fourth-order valence-corrected chi connectivity index (χ4v) is 1.09. The number of halogens is 1. The summed E-state index contributed by atoms with van der Waals surface area (Å²) in [5.74, 6) is -0.150. The van der Waals surface area contributed by atoms with Crippen molar-refractivity contribution in [2.75, 3.05) is 6.61 Å². The van der Waals surface area contributed by atoms with Gasteiger partial charge in [0.15, 0.2) is 11.6 Å². The van der Waals surface area contributed by atoms with E-state index in [0.717, 1.165) is 0 Å². The Balaban J connectivity index is 2.52. The van der Waals surface area contributed by atoms with Crippen LogP contribution >= 0.6 is 0 Å². The minimum Gasteiger partial charge on any atom is -0.490 e. The zero-order chi connectivity index (χ0) is 11.3. The van der Waals surface area contributed by atoms with Gasteiger partial charge in [-0.05, 0) is 18.6 Å². The lowest BCUT2D eigenvalue weighted by molar-refractivity contribution is 0.291. The molecule has 80 valence electrons. The average Bonchev–Trinajstić information content (AvgIpc) is 2.24. The predicted octanol–water partition coefficient (Wildman–Crippen LogP) is 1.75. The van der Waals surface area contributed by atoms with Crippen molar-refractivity contribution in [3.05, 3.63) is 29.6 Å². The smallest absolute Gasteiger partial charge is 0.167 e. The Morgan fingerprint density at radius 1 is 1.60 bits per heavy atom. The van der Waals surface area contributed by atoms with E-state index in [0.29, 0.717) is 12.0 Å². The van der Waals surface area contributed by atoms with Gasteiger partial charge in [-0.1, -0.05) is 12.1 Å². The van der Waals surface area contributed by atoms with Crippen molar-refractivity contribution in [1.82, 2.24) is 0 Å². The normalized spacial score (nSPS) is 11.9. The summed E-state index contributed by atoms with van der Waals surface area (Å²) in [5, 5.41) is 8.43. The van der Waals surface area contributed by atoms with Crippen molar-refractivity contribution in [3.63, 3.8) is 0 Å². The van der Waals surface area contributed by atoms with E-state index in [1.165, 1.54) is 0 Å². The summed E-state index contributed by atoms with van der Waals surface area (Å²) in [5.41, 5.74) is 5.91. The molecule has 2 N–H and O–H groups in total. The zero-order valence-corrected chi connectivity index (χ0v) is 8.53. The van der Waals surface area contributed by atoms with Crippen LogP contribution < -0.4 is 10.5 Å². The molecule has 0 amide bonds. The second-order valence-corrected chi connectivity index (χ2v) is 3.26. The van der Waals surface area contributed by atoms with Crippen LogP contribution in [0.25, 0.3) is 0 Å². The largest absolute Gasteiger partial charge is 0.490 e. The first-order chi connectivity index (χ1) is 7.15. The van der Waals surface area contributed by atoms with Crippen LogP contribution in [0.5, 0.6) is 5.75 Å². The molecular formula is C11H13FN2O. The fourth-order valence-electron chi connectivity index (χ4n) is 1.09. The van der Waals surface area contributed by atoms with Crippen LogP contribution in [-0.2, 0) is 0 Å². The molecule has 0 saturated carbocycles. The number of nitrogens with two attached hydrogens (primary N) is 1. The predicted molar refractivity (Wildman–Crippen MR) is 54.8 cm³/mol. The maximum Gasteiger partial charge on any atom is 0.167 e. The number of ether oxygens (including phenoxy) is 1. The van der Waals surface area contributed by atoms with Crippen molar-refractivity contribution in [3.8, 4) is 11.8 Å². The summed E-state index contributed by atoms with van der Waals surface area (Å²) < 4.78 is 18.6. The number of benzene rings is 1. The number of aryl methyl sites for hydroxylation is 1. The molecule has 4 heteroatoms. The van der Waals surface area contributed by atoms with Gasteiger partial charge in [0.25, 0.3) is 0 Å². The van der Waals surface area contributed by atoms with Gasteiger partial charge in [0.1, 0.15) is 0 Å². The zero-order valence-electron chi connectivity index (χ0n) is 8.53. The topological polar surface area (TPSA) is 59.0 Å². The standard InChI is InChI=1S/C11H13FN2O/c1-8-3-2-4-10(11(8)12)15-6-5-9(14)7-13/h2-4,9H,5-6,14H2,1H3. The molecule has 1 unspecified atom stereocenters. The summed E-state index contributed by atoms with van der Waals surface area (Å²) in [6.45, 7) is 1.91. The minimum absolute atomic E-state index is 0.208. The second kappa shape index (κ2) is 5.32. The van der Waals surface area contributed by atoms with Gasteiger partial charge in [-0.15, -0.1) is 0 Å². The lowest BCUT2D eigenvalue weighted by Crippen LogP contribution is -2.20. The van der Waals surface area contributed by atoms with E-state index >= 15 is 0 Å². The molecule has 1 atom stereocenters. The van der Waals surface area contributed by atoms with Gasteiger partial charge in [0.2, 0.25) is 0 Å². The van der Waals surface area contributed by atoms with Crippen LogP contribution in [-0.4, -0.2) is 12.6 Å². The van der Waals surface area contributed by atoms with Crippen LogP contribution in [0.3, 0.4) is 0 Å². The fraction of sp³-hybridized carbons (Fsp3) is 0.364. The lowest BCUT2D eigenvalue weighted by Gasteiger charge is -2.08. The van der Waals surface area contributed by atoms with Crippen molar-refractivity contribution in [2.24, 2.45) is 5.73 Å². The quantitative estimate of drug-likeness (QED) is 0.820. The van der Waals surface area contributed by atoms with Crippen molar-refractivity contribution < 1.29 is 9.13 Å². The third kappa shape index (κ3) is 3.22. The maximum atomic E-state index is 13.4. The van der Waals surface area contributed by atoms with Gasteiger partial charge in [-0.25, -0.2) is 4.39 Å².